The molecule has 5 nitrogen and oxygen atoms in total. The lowest BCUT2D eigenvalue weighted by molar-refractivity contribution is 0.0952. The molecule has 1 heterocycles. The molecule has 0 atom stereocenters. The SMILES string of the molecule is CN(C)CCNC(=O)c1ccnc2c(OCc3c(F)cccc3F)cccc12. The minimum atomic E-state index is -0.672. The number of halogens is 2. The minimum absolute atomic E-state index is 0.155. The quantitative estimate of drug-likeness (QED) is 0.678. The lowest BCUT2D eigenvalue weighted by Crippen LogP contribution is -2.31. The third kappa shape index (κ3) is 4.43. The van der Waals surface area contributed by atoms with Crippen LogP contribution in [0.1, 0.15) is 15.9 Å². The number of hydrogen-bond acceptors (Lipinski definition) is 4. The van der Waals surface area contributed by atoms with Crippen LogP contribution in [0.5, 0.6) is 5.75 Å². The van der Waals surface area contributed by atoms with Crippen LogP contribution >= 0.6 is 0 Å². The van der Waals surface area contributed by atoms with Gasteiger partial charge in [-0.25, -0.2) is 8.78 Å². The van der Waals surface area contributed by atoms with Crippen molar-refractivity contribution in [2.45, 2.75) is 6.61 Å². The second-order valence-corrected chi connectivity index (χ2v) is 6.56. The number of para-hydroxylation sites is 1. The van der Waals surface area contributed by atoms with Crippen molar-refractivity contribution in [3.63, 3.8) is 0 Å². The van der Waals surface area contributed by atoms with Crippen molar-refractivity contribution >= 4 is 16.8 Å². The van der Waals surface area contributed by atoms with E-state index in [1.165, 1.54) is 24.4 Å². The zero-order chi connectivity index (χ0) is 20.1. The molecule has 0 unspecified atom stereocenters. The number of carbonyl (C=O) groups excluding carboxylic acids is 1. The monoisotopic (exact) mass is 385 g/mol. The van der Waals surface area contributed by atoms with Gasteiger partial charge in [0, 0.05) is 24.7 Å². The number of amides is 1. The molecule has 0 fully saturated rings. The van der Waals surface area contributed by atoms with Gasteiger partial charge in [0.1, 0.15) is 29.5 Å². The standard InChI is InChI=1S/C21H21F2N3O2/c1-26(2)12-11-25-21(27)15-9-10-24-20-14(15)5-3-8-19(20)28-13-16-17(22)6-4-7-18(16)23/h3-10H,11-13H2,1-2H3,(H,25,27). The summed E-state index contributed by atoms with van der Waals surface area (Å²) in [6.07, 6.45) is 1.51. The molecule has 146 valence electrons. The van der Waals surface area contributed by atoms with Gasteiger partial charge in [0.05, 0.1) is 11.1 Å². The average molecular weight is 385 g/mol. The second-order valence-electron chi connectivity index (χ2n) is 6.56. The van der Waals surface area contributed by atoms with Gasteiger partial charge in [0.15, 0.2) is 0 Å². The molecule has 0 saturated carbocycles. The molecule has 28 heavy (non-hydrogen) atoms. The number of hydrogen-bond donors (Lipinski definition) is 1. The Morgan fingerprint density at radius 3 is 2.54 bits per heavy atom. The molecular weight excluding hydrogens is 364 g/mol. The lowest BCUT2D eigenvalue weighted by Gasteiger charge is -2.13. The number of fused-ring (bicyclic) bond motifs is 1. The van der Waals surface area contributed by atoms with Gasteiger partial charge in [-0.15, -0.1) is 0 Å². The molecule has 0 bridgehead atoms. The van der Waals surface area contributed by atoms with Crippen LogP contribution in [0.2, 0.25) is 0 Å². The first-order valence-corrected chi connectivity index (χ1v) is 8.83. The summed E-state index contributed by atoms with van der Waals surface area (Å²) < 4.78 is 33.3. The third-order valence-corrected chi connectivity index (χ3v) is 4.26. The van der Waals surface area contributed by atoms with Crippen molar-refractivity contribution in [1.29, 1.82) is 0 Å². The van der Waals surface area contributed by atoms with Crippen LogP contribution in [0.25, 0.3) is 10.9 Å². The summed E-state index contributed by atoms with van der Waals surface area (Å²) in [6.45, 7) is 0.953. The predicted molar refractivity (Wildman–Crippen MR) is 103 cm³/mol. The number of ether oxygens (including phenoxy) is 1. The van der Waals surface area contributed by atoms with E-state index in [9.17, 15) is 13.6 Å². The molecule has 0 aliphatic rings. The van der Waals surface area contributed by atoms with Gasteiger partial charge >= 0.3 is 0 Å². The molecule has 0 saturated heterocycles. The van der Waals surface area contributed by atoms with Gasteiger partial charge in [-0.2, -0.15) is 0 Å². The number of nitrogens with zero attached hydrogens (tertiary/aromatic N) is 2. The predicted octanol–water partition coefficient (Wildman–Crippen LogP) is 3.38. The summed E-state index contributed by atoms with van der Waals surface area (Å²) in [6, 6.07) is 10.4. The van der Waals surface area contributed by atoms with Crippen molar-refractivity contribution in [1.82, 2.24) is 15.2 Å². The maximum atomic E-state index is 13.8. The van der Waals surface area contributed by atoms with Crippen LogP contribution in [0.15, 0.2) is 48.7 Å². The Labute approximate surface area is 161 Å². The average Bonchev–Trinajstić information content (AvgIpc) is 2.67. The van der Waals surface area contributed by atoms with E-state index >= 15 is 0 Å². The number of carbonyl (C=O) groups is 1. The molecule has 7 heteroatoms. The first-order chi connectivity index (χ1) is 13.5. The molecule has 3 rings (SSSR count). The normalized spacial score (nSPS) is 11.0. The summed E-state index contributed by atoms with van der Waals surface area (Å²) in [5.41, 5.74) is 0.767. The lowest BCUT2D eigenvalue weighted by atomic mass is 10.1. The molecule has 1 N–H and O–H groups in total. The third-order valence-electron chi connectivity index (χ3n) is 4.26. The molecule has 0 aliphatic carbocycles. The molecule has 0 radical (unpaired) electrons. The van der Waals surface area contributed by atoms with Gasteiger partial charge in [0.2, 0.25) is 0 Å². The topological polar surface area (TPSA) is 54.5 Å². The van der Waals surface area contributed by atoms with E-state index < -0.39 is 11.6 Å². The largest absolute Gasteiger partial charge is 0.486 e. The number of pyridine rings is 1. The fourth-order valence-electron chi connectivity index (χ4n) is 2.77. The molecule has 0 aliphatic heterocycles. The highest BCUT2D eigenvalue weighted by Gasteiger charge is 2.14. The fraction of sp³-hybridized carbons (Fsp3) is 0.238. The van der Waals surface area contributed by atoms with Gasteiger partial charge in [-0.3, -0.25) is 9.78 Å². The van der Waals surface area contributed by atoms with Crippen LogP contribution in [0.4, 0.5) is 8.78 Å². The zero-order valence-electron chi connectivity index (χ0n) is 15.7. The molecule has 1 aromatic heterocycles. The Morgan fingerprint density at radius 2 is 1.82 bits per heavy atom. The van der Waals surface area contributed by atoms with E-state index in [0.717, 1.165) is 6.54 Å². The Balaban J connectivity index is 1.84. The van der Waals surface area contributed by atoms with Crippen LogP contribution < -0.4 is 10.1 Å². The Morgan fingerprint density at radius 1 is 1.11 bits per heavy atom. The van der Waals surface area contributed by atoms with Crippen molar-refractivity contribution in [2.24, 2.45) is 0 Å². The molecule has 3 aromatic rings. The fourth-order valence-corrected chi connectivity index (χ4v) is 2.77. The Bertz CT molecular complexity index is 972. The summed E-state index contributed by atoms with van der Waals surface area (Å²) in [5, 5.41) is 3.47. The smallest absolute Gasteiger partial charge is 0.252 e. The van der Waals surface area contributed by atoms with Crippen LogP contribution in [-0.2, 0) is 6.61 Å². The number of nitrogens with one attached hydrogen (secondary N) is 1. The van der Waals surface area contributed by atoms with Crippen LogP contribution in [0.3, 0.4) is 0 Å². The summed E-state index contributed by atoms with van der Waals surface area (Å²) in [7, 11) is 3.85. The second kappa shape index (κ2) is 8.75. The van der Waals surface area contributed by atoms with E-state index in [2.05, 4.69) is 10.3 Å². The van der Waals surface area contributed by atoms with E-state index in [1.807, 2.05) is 19.0 Å². The highest BCUT2D eigenvalue weighted by atomic mass is 19.1. The number of benzene rings is 2. The minimum Gasteiger partial charge on any atom is -0.486 e. The Kier molecular flexibility index (Phi) is 6.16. The van der Waals surface area contributed by atoms with Crippen molar-refractivity contribution < 1.29 is 18.3 Å². The Hall–Kier alpha value is -3.06. The van der Waals surface area contributed by atoms with Crippen molar-refractivity contribution in [3.8, 4) is 5.75 Å². The number of rotatable bonds is 7. The highest BCUT2D eigenvalue weighted by Crippen LogP contribution is 2.27. The zero-order valence-corrected chi connectivity index (χ0v) is 15.7. The maximum absolute atomic E-state index is 13.8. The molecular formula is C21H21F2N3O2. The summed E-state index contributed by atoms with van der Waals surface area (Å²) in [5.74, 6) is -1.21. The first kappa shape index (κ1) is 19.7. The van der Waals surface area contributed by atoms with Gasteiger partial charge in [-0.1, -0.05) is 18.2 Å². The van der Waals surface area contributed by atoms with E-state index in [4.69, 9.17) is 4.74 Å². The van der Waals surface area contributed by atoms with Crippen molar-refractivity contribution in [3.05, 3.63) is 71.4 Å². The molecule has 2 aromatic carbocycles. The van der Waals surface area contributed by atoms with E-state index in [0.29, 0.717) is 28.8 Å². The van der Waals surface area contributed by atoms with Crippen LogP contribution in [-0.4, -0.2) is 43.0 Å². The van der Waals surface area contributed by atoms with Crippen LogP contribution in [0, 0.1) is 11.6 Å². The van der Waals surface area contributed by atoms with Gasteiger partial charge in [-0.05, 0) is 38.4 Å². The van der Waals surface area contributed by atoms with Gasteiger partial charge in [0.25, 0.3) is 5.91 Å². The number of aromatic nitrogens is 1. The molecule has 0 spiro atoms. The highest BCUT2D eigenvalue weighted by molar-refractivity contribution is 6.07. The van der Waals surface area contributed by atoms with Gasteiger partial charge < -0.3 is 15.0 Å². The maximum Gasteiger partial charge on any atom is 0.252 e. The molecule has 1 amide bonds. The summed E-state index contributed by atoms with van der Waals surface area (Å²) in [4.78, 5) is 18.8. The van der Waals surface area contributed by atoms with E-state index in [-0.39, 0.29) is 18.1 Å². The summed E-state index contributed by atoms with van der Waals surface area (Å²) >= 11 is 0. The van der Waals surface area contributed by atoms with Crippen molar-refractivity contribution in [2.75, 3.05) is 27.2 Å². The first-order valence-electron chi connectivity index (χ1n) is 8.83. The number of likely N-dealkylation sites (N-methyl/N-ethyl adjacent to an activating group) is 1. The van der Waals surface area contributed by atoms with E-state index in [1.54, 1.807) is 24.3 Å².